The van der Waals surface area contributed by atoms with Crippen molar-refractivity contribution in [2.45, 2.75) is 33.1 Å². The fourth-order valence-corrected chi connectivity index (χ4v) is 8.41. The van der Waals surface area contributed by atoms with E-state index >= 15 is 0 Å². The summed E-state index contributed by atoms with van der Waals surface area (Å²) in [5.41, 5.74) is 18.7. The highest BCUT2D eigenvalue weighted by Crippen LogP contribution is 2.51. The molecule has 3 heteroatoms. The fraction of sp³-hybridized carbons (Fsp3) is 0.100. The van der Waals surface area contributed by atoms with Gasteiger partial charge in [0, 0.05) is 22.1 Å². The summed E-state index contributed by atoms with van der Waals surface area (Å²) in [5, 5.41) is 0. The molecule has 3 nitrogen and oxygen atoms in total. The molecule has 8 aromatic rings. The minimum Gasteiger partial charge on any atom is -0.208 e. The van der Waals surface area contributed by atoms with Gasteiger partial charge in [0.05, 0.1) is 0 Å². The third kappa shape index (κ3) is 5.31. The van der Waals surface area contributed by atoms with E-state index in [1.807, 2.05) is 60.7 Å². The number of benzene rings is 7. The zero-order chi connectivity index (χ0) is 34.8. The van der Waals surface area contributed by atoms with Crippen molar-refractivity contribution in [3.05, 3.63) is 186 Å². The Morgan fingerprint density at radius 2 is 0.906 bits per heavy atom. The predicted molar refractivity (Wildman–Crippen MR) is 220 cm³/mol. The lowest BCUT2D eigenvalue weighted by atomic mass is 9.81. The molecule has 0 bridgehead atoms. The summed E-state index contributed by atoms with van der Waals surface area (Å²) in [7, 11) is 0. The van der Waals surface area contributed by atoms with Gasteiger partial charge < -0.3 is 0 Å². The largest absolute Gasteiger partial charge is 0.208 e. The molecule has 10 rings (SSSR count). The van der Waals surface area contributed by atoms with Crippen LogP contribution in [0.1, 0.15) is 43.5 Å². The lowest BCUT2D eigenvalue weighted by molar-refractivity contribution is 0.660. The molecule has 0 amide bonds. The van der Waals surface area contributed by atoms with Crippen LogP contribution in [0.25, 0.3) is 78.7 Å². The summed E-state index contributed by atoms with van der Waals surface area (Å²) in [4.78, 5) is 14.9. The first-order valence-electron chi connectivity index (χ1n) is 18.0. The highest BCUT2D eigenvalue weighted by Gasteiger charge is 2.35. The van der Waals surface area contributed by atoms with E-state index in [1.54, 1.807) is 0 Å². The molecule has 0 aliphatic heterocycles. The number of fused-ring (bicyclic) bond motifs is 6. The van der Waals surface area contributed by atoms with Gasteiger partial charge in [-0.15, -0.1) is 0 Å². The molecule has 7 aromatic carbocycles. The first kappa shape index (κ1) is 32.5. The summed E-state index contributed by atoms with van der Waals surface area (Å²) in [5.74, 6) is 1.99. The van der Waals surface area contributed by atoms with Crippen LogP contribution >= 0.6 is 0 Å². The van der Waals surface area contributed by atoms with Gasteiger partial charge in [-0.1, -0.05) is 173 Å². The van der Waals surface area contributed by atoms with Crippen LogP contribution in [0.15, 0.2) is 164 Å². The first-order chi connectivity index (χ1) is 25.5. The predicted octanol–water partition coefficient (Wildman–Crippen LogP) is 12.7. The lowest BCUT2D eigenvalue weighted by Gasteiger charge is -2.22. The van der Waals surface area contributed by atoms with E-state index in [9.17, 15) is 0 Å². The summed E-state index contributed by atoms with van der Waals surface area (Å²) in [6.45, 7) is 4.71. The zero-order valence-corrected chi connectivity index (χ0v) is 29.1. The fourth-order valence-electron chi connectivity index (χ4n) is 8.41. The van der Waals surface area contributed by atoms with Crippen molar-refractivity contribution < 1.29 is 0 Å². The van der Waals surface area contributed by atoms with Gasteiger partial charge in [0.15, 0.2) is 17.5 Å². The average Bonchev–Trinajstić information content (AvgIpc) is 3.70. The highest BCUT2D eigenvalue weighted by atomic mass is 15.0. The van der Waals surface area contributed by atoms with E-state index in [-0.39, 0.29) is 12.8 Å². The molecule has 0 saturated carbocycles. The molecule has 254 valence electrons. The standard InChI is InChI=1S/C49H35N3.CH4/c1-49(2)43-25-10-9-21-39(43)40-27-26-34(30-44(40)49)38-23-12-19-35-29-42-37(22-13-24-41(42)45(35)38)33-18-11-20-36(28-33)48-51-46(31-14-5-3-6-15-31)50-47(52-48)32-16-7-4-8-17-32;/h3-28,30H,29H2,1-2H3;1H4. The first-order valence-corrected chi connectivity index (χ1v) is 18.0. The lowest BCUT2D eigenvalue weighted by Crippen LogP contribution is -2.14. The van der Waals surface area contributed by atoms with Gasteiger partial charge in [-0.3, -0.25) is 0 Å². The Bertz CT molecular complexity index is 2620. The number of nitrogens with zero attached hydrogens (tertiary/aromatic N) is 3. The van der Waals surface area contributed by atoms with E-state index in [1.165, 1.54) is 61.2 Å². The molecule has 0 radical (unpaired) electrons. The number of hydrogen-bond acceptors (Lipinski definition) is 3. The number of hydrogen-bond donors (Lipinski definition) is 0. The van der Waals surface area contributed by atoms with Crippen molar-refractivity contribution in [1.82, 2.24) is 15.0 Å². The molecule has 0 saturated heterocycles. The molecule has 2 aliphatic rings. The highest BCUT2D eigenvalue weighted by molar-refractivity contribution is 5.95. The monoisotopic (exact) mass is 681 g/mol. The third-order valence-electron chi connectivity index (χ3n) is 11.0. The molecule has 0 atom stereocenters. The second kappa shape index (κ2) is 12.6. The Kier molecular flexibility index (Phi) is 7.74. The van der Waals surface area contributed by atoms with Gasteiger partial charge in [0.25, 0.3) is 0 Å². The van der Waals surface area contributed by atoms with Crippen LogP contribution in [0.3, 0.4) is 0 Å². The minimum atomic E-state index is -0.0434. The van der Waals surface area contributed by atoms with Crippen LogP contribution in [-0.4, -0.2) is 15.0 Å². The smallest absolute Gasteiger partial charge is 0.164 e. The summed E-state index contributed by atoms with van der Waals surface area (Å²) in [6.07, 6.45) is 0.892. The molecule has 0 N–H and O–H groups in total. The molecule has 0 spiro atoms. The quantitative estimate of drug-likeness (QED) is 0.181. The second-order valence-corrected chi connectivity index (χ2v) is 14.4. The van der Waals surface area contributed by atoms with Crippen LogP contribution in [0.4, 0.5) is 0 Å². The van der Waals surface area contributed by atoms with Gasteiger partial charge in [-0.2, -0.15) is 0 Å². The van der Waals surface area contributed by atoms with Gasteiger partial charge >= 0.3 is 0 Å². The van der Waals surface area contributed by atoms with Gasteiger partial charge in [0.1, 0.15) is 0 Å². The van der Waals surface area contributed by atoms with Crippen LogP contribution in [0, 0.1) is 0 Å². The summed E-state index contributed by atoms with van der Waals surface area (Å²) < 4.78 is 0. The topological polar surface area (TPSA) is 38.7 Å². The number of aromatic nitrogens is 3. The van der Waals surface area contributed by atoms with Gasteiger partial charge in [-0.25, -0.2) is 15.0 Å². The Morgan fingerprint density at radius 3 is 1.64 bits per heavy atom. The maximum atomic E-state index is 5.01. The minimum absolute atomic E-state index is 0. The van der Waals surface area contributed by atoms with Crippen molar-refractivity contribution in [1.29, 1.82) is 0 Å². The maximum Gasteiger partial charge on any atom is 0.164 e. The van der Waals surface area contributed by atoms with E-state index < -0.39 is 0 Å². The van der Waals surface area contributed by atoms with Crippen molar-refractivity contribution in [3.63, 3.8) is 0 Å². The van der Waals surface area contributed by atoms with Crippen LogP contribution in [-0.2, 0) is 11.8 Å². The molecule has 0 unspecified atom stereocenters. The van der Waals surface area contributed by atoms with Crippen LogP contribution in [0.2, 0.25) is 0 Å². The van der Waals surface area contributed by atoms with Crippen molar-refractivity contribution in [2.24, 2.45) is 0 Å². The van der Waals surface area contributed by atoms with Crippen LogP contribution in [0.5, 0.6) is 0 Å². The van der Waals surface area contributed by atoms with E-state index in [0.717, 1.165) is 28.7 Å². The van der Waals surface area contributed by atoms with E-state index in [4.69, 9.17) is 15.0 Å². The molecule has 53 heavy (non-hydrogen) atoms. The van der Waals surface area contributed by atoms with Crippen molar-refractivity contribution >= 4 is 0 Å². The Labute approximate surface area is 311 Å². The summed E-state index contributed by atoms with van der Waals surface area (Å²) >= 11 is 0. The Hall–Kier alpha value is -6.45. The Morgan fingerprint density at radius 1 is 0.396 bits per heavy atom. The molecular formula is C50H39N3. The SMILES string of the molecule is C.CC1(C)c2ccccc2-c2ccc(-c3cccc4c3-c3cccc(-c5cccc(-c6nc(-c7ccccc7)nc(-c7ccccc7)n6)c5)c3C4)cc21. The molecule has 2 aliphatic carbocycles. The summed E-state index contributed by atoms with van der Waals surface area (Å²) in [6, 6.07) is 58.5. The van der Waals surface area contributed by atoms with Crippen molar-refractivity contribution in [2.75, 3.05) is 0 Å². The normalized spacial score (nSPS) is 13.0. The van der Waals surface area contributed by atoms with Gasteiger partial charge in [-0.05, 0) is 85.3 Å². The maximum absolute atomic E-state index is 5.01. The van der Waals surface area contributed by atoms with Crippen molar-refractivity contribution in [3.8, 4) is 78.7 Å². The average molecular weight is 682 g/mol. The zero-order valence-electron chi connectivity index (χ0n) is 29.1. The Balaban J connectivity index is 0.00000372. The molecule has 1 aromatic heterocycles. The van der Waals surface area contributed by atoms with E-state index in [0.29, 0.717) is 17.5 Å². The molecule has 1 heterocycles. The molecular weight excluding hydrogens is 643 g/mol. The van der Waals surface area contributed by atoms with Gasteiger partial charge in [0.2, 0.25) is 0 Å². The van der Waals surface area contributed by atoms with E-state index in [2.05, 4.69) is 117 Å². The third-order valence-corrected chi connectivity index (χ3v) is 11.0. The molecule has 0 fully saturated rings. The van der Waals surface area contributed by atoms with Crippen LogP contribution < -0.4 is 0 Å². The number of rotatable bonds is 5. The second-order valence-electron chi connectivity index (χ2n) is 14.4.